The van der Waals surface area contributed by atoms with Gasteiger partial charge in [0.05, 0.1) is 0 Å². The molecule has 0 aliphatic carbocycles. The maximum atomic E-state index is 10.9. The Labute approximate surface area is 74.5 Å². The Morgan fingerprint density at radius 2 is 1.83 bits per heavy atom. The summed E-state index contributed by atoms with van der Waals surface area (Å²) in [7, 11) is 0. The molecule has 0 saturated carbocycles. The third-order valence-electron chi connectivity index (χ3n) is 2.03. The number of piperazine rings is 1. The van der Waals surface area contributed by atoms with Crippen molar-refractivity contribution in [2.45, 2.75) is 0 Å². The smallest absolute Gasteiger partial charge is 0.418 e. The molecule has 1 aliphatic heterocycles. The lowest BCUT2D eigenvalue weighted by atomic mass is 10.3. The first-order chi connectivity index (χ1) is 5.59. The van der Waals surface area contributed by atoms with Gasteiger partial charge in [-0.2, -0.15) is 4.48 Å². The van der Waals surface area contributed by atoms with Gasteiger partial charge in [-0.3, -0.25) is 0 Å². The van der Waals surface area contributed by atoms with Gasteiger partial charge in [0.25, 0.3) is 6.09 Å². The Morgan fingerprint density at radius 3 is 2.08 bits per heavy atom. The molecule has 1 fully saturated rings. The Balaban J connectivity index is 2.84. The highest BCUT2D eigenvalue weighted by molar-refractivity contribution is 6.61. The number of hydrogen-bond acceptors (Lipinski definition) is 4. The van der Waals surface area contributed by atoms with E-state index in [1.54, 1.807) is 0 Å². The van der Waals surface area contributed by atoms with Crippen LogP contribution in [0.3, 0.4) is 0 Å². The number of carbonyl (C=O) groups excluding carboxylic acids is 2. The van der Waals surface area contributed by atoms with Gasteiger partial charge in [-0.15, -0.1) is 0 Å². The summed E-state index contributed by atoms with van der Waals surface area (Å²) < 4.78 is -0.769. The van der Waals surface area contributed by atoms with E-state index in [0.717, 1.165) is 0 Å². The van der Waals surface area contributed by atoms with Crippen LogP contribution in [-0.4, -0.2) is 42.1 Å². The molecule has 1 heterocycles. The van der Waals surface area contributed by atoms with E-state index >= 15 is 0 Å². The number of nitrogens with zero attached hydrogens (tertiary/aromatic N) is 1. The molecule has 68 valence electrons. The molecular weight excluding hydrogens is 184 g/mol. The molecule has 1 rings (SSSR count). The second-order valence-electron chi connectivity index (χ2n) is 2.68. The van der Waals surface area contributed by atoms with Gasteiger partial charge in [-0.05, 0) is 0 Å². The van der Waals surface area contributed by atoms with Crippen LogP contribution in [0.5, 0.6) is 0 Å². The molecule has 1 aliphatic rings. The molecule has 0 aromatic rings. The normalized spacial score (nSPS) is 21.8. The predicted octanol–water partition coefficient (Wildman–Crippen LogP) is -0.891. The van der Waals surface area contributed by atoms with Crippen LogP contribution < -0.4 is 10.4 Å². The average Bonchev–Trinajstić information content (AvgIpc) is 2.05. The minimum atomic E-state index is -1.42. The van der Waals surface area contributed by atoms with E-state index in [2.05, 4.69) is 5.32 Å². The molecule has 1 N–H and O–H groups in total. The van der Waals surface area contributed by atoms with E-state index in [4.69, 9.17) is 11.6 Å². The Bertz CT molecular complexity index is 197. The summed E-state index contributed by atoms with van der Waals surface area (Å²) in [4.78, 5) is 21.5. The summed E-state index contributed by atoms with van der Waals surface area (Å²) in [5, 5.41) is 12.7. The second-order valence-corrected chi connectivity index (χ2v) is 3.01. The zero-order chi connectivity index (χ0) is 9.19. The van der Waals surface area contributed by atoms with Gasteiger partial charge < -0.3 is 15.2 Å². The van der Waals surface area contributed by atoms with Crippen LogP contribution in [0.2, 0.25) is 0 Å². The predicted molar refractivity (Wildman–Crippen MR) is 39.5 cm³/mol. The molecule has 0 atom stereocenters. The maximum Gasteiger partial charge on any atom is 0.418 e. The molecule has 0 aromatic carbocycles. The highest BCUT2D eigenvalue weighted by Gasteiger charge is 2.39. The third kappa shape index (κ3) is 1.43. The maximum absolute atomic E-state index is 10.9. The van der Waals surface area contributed by atoms with Crippen molar-refractivity contribution in [3.05, 3.63) is 0 Å². The standard InChI is InChI=1S/C6H9ClN2O3/c7-5(10)9(6(11)12)3-1-8-2-4-9/h8H,1-4H2. The number of nitrogens with one attached hydrogen (secondary N) is 1. The fourth-order valence-electron chi connectivity index (χ4n) is 1.21. The first-order valence-corrected chi connectivity index (χ1v) is 3.97. The van der Waals surface area contributed by atoms with Crippen molar-refractivity contribution in [2.24, 2.45) is 0 Å². The first-order valence-electron chi connectivity index (χ1n) is 3.59. The minimum Gasteiger partial charge on any atom is -0.498 e. The third-order valence-corrected chi connectivity index (χ3v) is 2.35. The largest absolute Gasteiger partial charge is 0.498 e. The number of amides is 2. The van der Waals surface area contributed by atoms with Gasteiger partial charge in [0.1, 0.15) is 13.1 Å². The number of hydrogen-bond donors (Lipinski definition) is 1. The van der Waals surface area contributed by atoms with Gasteiger partial charge in [0.2, 0.25) is 0 Å². The fraction of sp³-hybridized carbons (Fsp3) is 0.667. The zero-order valence-corrected chi connectivity index (χ0v) is 7.13. The van der Waals surface area contributed by atoms with Crippen LogP contribution in [-0.2, 0) is 0 Å². The van der Waals surface area contributed by atoms with Crippen LogP contribution in [0.1, 0.15) is 0 Å². The quantitative estimate of drug-likeness (QED) is 0.307. The number of imide groups is 1. The molecule has 6 heteroatoms. The molecule has 0 spiro atoms. The van der Waals surface area contributed by atoms with Crippen molar-refractivity contribution in [3.8, 4) is 0 Å². The van der Waals surface area contributed by atoms with Gasteiger partial charge in [-0.1, -0.05) is 0 Å². The summed E-state index contributed by atoms with van der Waals surface area (Å²) in [6.07, 6.45) is -1.42. The van der Waals surface area contributed by atoms with Gasteiger partial charge in [0.15, 0.2) is 0 Å². The number of quaternary nitrogens is 1. The molecule has 5 nitrogen and oxygen atoms in total. The van der Waals surface area contributed by atoms with Crippen molar-refractivity contribution in [1.82, 2.24) is 5.32 Å². The Kier molecular flexibility index (Phi) is 2.66. The molecule has 0 aromatic heterocycles. The fourth-order valence-corrected chi connectivity index (χ4v) is 1.44. The summed E-state index contributed by atoms with van der Waals surface area (Å²) in [6, 6.07) is 0. The van der Waals surface area contributed by atoms with Crippen LogP contribution >= 0.6 is 11.6 Å². The SMILES string of the molecule is O=C([O-])[N+]1(C(=O)Cl)CCNCC1. The molecule has 0 radical (unpaired) electrons. The molecular formula is C6H9ClN2O3. The van der Waals surface area contributed by atoms with Crippen molar-refractivity contribution < 1.29 is 19.2 Å². The van der Waals surface area contributed by atoms with E-state index in [1.165, 1.54) is 0 Å². The summed E-state index contributed by atoms with van der Waals surface area (Å²) in [6.45, 7) is 1.24. The summed E-state index contributed by atoms with van der Waals surface area (Å²) >= 11 is 5.19. The van der Waals surface area contributed by atoms with Gasteiger partial charge in [-0.25, -0.2) is 4.79 Å². The molecule has 0 bridgehead atoms. The average molecular weight is 193 g/mol. The zero-order valence-electron chi connectivity index (χ0n) is 6.38. The van der Waals surface area contributed by atoms with E-state index in [1.807, 2.05) is 0 Å². The topological polar surface area (TPSA) is 69.2 Å². The lowest BCUT2D eigenvalue weighted by molar-refractivity contribution is -0.796. The van der Waals surface area contributed by atoms with Gasteiger partial charge >= 0.3 is 5.37 Å². The molecule has 1 saturated heterocycles. The monoisotopic (exact) mass is 192 g/mol. The Morgan fingerprint density at radius 1 is 1.33 bits per heavy atom. The first kappa shape index (κ1) is 9.44. The number of halogens is 1. The second kappa shape index (κ2) is 3.38. The number of rotatable bonds is 0. The van der Waals surface area contributed by atoms with E-state index in [9.17, 15) is 14.7 Å². The molecule has 12 heavy (non-hydrogen) atoms. The summed E-state index contributed by atoms with van der Waals surface area (Å²) in [5.74, 6) is 0. The van der Waals surface area contributed by atoms with Crippen molar-refractivity contribution in [2.75, 3.05) is 26.2 Å². The van der Waals surface area contributed by atoms with Crippen LogP contribution in [0.15, 0.2) is 0 Å². The number of carboxylic acid groups (broad SMARTS) is 1. The number of carbonyl (C=O) groups is 2. The van der Waals surface area contributed by atoms with Crippen LogP contribution in [0.4, 0.5) is 9.59 Å². The van der Waals surface area contributed by atoms with Crippen LogP contribution in [0.25, 0.3) is 0 Å². The lowest BCUT2D eigenvalue weighted by Gasteiger charge is -2.35. The Hall–Kier alpha value is -0.650. The highest BCUT2D eigenvalue weighted by atomic mass is 35.5. The van der Waals surface area contributed by atoms with Gasteiger partial charge in [0, 0.05) is 24.7 Å². The molecule has 2 amide bonds. The van der Waals surface area contributed by atoms with Crippen molar-refractivity contribution in [3.63, 3.8) is 0 Å². The molecule has 0 unspecified atom stereocenters. The highest BCUT2D eigenvalue weighted by Crippen LogP contribution is 2.12. The van der Waals surface area contributed by atoms with E-state index < -0.39 is 15.9 Å². The van der Waals surface area contributed by atoms with E-state index in [-0.39, 0.29) is 13.1 Å². The van der Waals surface area contributed by atoms with Crippen molar-refractivity contribution >= 4 is 23.1 Å². The van der Waals surface area contributed by atoms with E-state index in [0.29, 0.717) is 13.1 Å². The summed E-state index contributed by atoms with van der Waals surface area (Å²) in [5.41, 5.74) is 0. The van der Waals surface area contributed by atoms with Crippen LogP contribution in [0, 0.1) is 0 Å². The lowest BCUT2D eigenvalue weighted by Crippen LogP contribution is -2.66. The minimum absolute atomic E-state index is 0.157. The van der Waals surface area contributed by atoms with Crippen molar-refractivity contribution in [1.29, 1.82) is 0 Å².